The number of aryl methyl sites for hydroxylation is 1. The normalized spacial score (nSPS) is 19.2. The van der Waals surface area contributed by atoms with Crippen LogP contribution in [0.2, 0.25) is 5.02 Å². The predicted octanol–water partition coefficient (Wildman–Crippen LogP) is 9.20. The zero-order chi connectivity index (χ0) is 27.5. The summed E-state index contributed by atoms with van der Waals surface area (Å²) in [6.45, 7) is 5.13. The largest absolute Gasteiger partial charge is 0.490 e. The van der Waals surface area contributed by atoms with E-state index in [2.05, 4.69) is 66.9 Å². The Morgan fingerprint density at radius 2 is 1.75 bits per heavy atom. The molecule has 1 N–H and O–H groups in total. The van der Waals surface area contributed by atoms with E-state index in [4.69, 9.17) is 26.1 Å². The van der Waals surface area contributed by atoms with Crippen molar-refractivity contribution >= 4 is 29.2 Å². The lowest BCUT2D eigenvalue weighted by atomic mass is 9.76. The summed E-state index contributed by atoms with van der Waals surface area (Å²) in [7, 11) is 0. The number of allylic oxidation sites excluding steroid dienone is 2. The molecule has 6 rings (SSSR count). The van der Waals surface area contributed by atoms with Crippen LogP contribution in [0.3, 0.4) is 0 Å². The average molecular weight is 549 g/mol. The van der Waals surface area contributed by atoms with E-state index in [9.17, 15) is 0 Å². The number of hydrogen-bond acceptors (Lipinski definition) is 4. The summed E-state index contributed by atoms with van der Waals surface area (Å²) >= 11 is 5.99. The van der Waals surface area contributed by atoms with Gasteiger partial charge in [0.25, 0.3) is 0 Å². The van der Waals surface area contributed by atoms with Crippen molar-refractivity contribution in [2.24, 2.45) is 10.9 Å². The fourth-order valence-electron chi connectivity index (χ4n) is 5.69. The lowest BCUT2D eigenvalue weighted by Crippen LogP contribution is -2.29. The van der Waals surface area contributed by atoms with Gasteiger partial charge in [-0.05, 0) is 97.0 Å². The molecule has 0 saturated heterocycles. The Kier molecular flexibility index (Phi) is 7.61. The molecule has 0 saturated carbocycles. The first-order valence-corrected chi connectivity index (χ1v) is 14.3. The van der Waals surface area contributed by atoms with Crippen LogP contribution in [0.25, 0.3) is 0 Å². The molecular formula is C35H33ClN2O2. The number of aliphatic imine (C=N–C) groups is 1. The van der Waals surface area contributed by atoms with E-state index in [0.717, 1.165) is 23.2 Å². The molecule has 3 atom stereocenters. The summed E-state index contributed by atoms with van der Waals surface area (Å²) in [6, 6.07) is 29.2. The van der Waals surface area contributed by atoms with Crippen molar-refractivity contribution in [3.8, 4) is 11.5 Å². The number of fused-ring (bicyclic) bond motifs is 3. The summed E-state index contributed by atoms with van der Waals surface area (Å²) in [5.41, 5.74) is 8.19. The Morgan fingerprint density at radius 3 is 2.55 bits per heavy atom. The lowest BCUT2D eigenvalue weighted by molar-refractivity contribution is 0.269. The van der Waals surface area contributed by atoms with Crippen LogP contribution >= 0.6 is 11.6 Å². The Balaban J connectivity index is 1.15. The number of nitrogens with one attached hydrogen (secondary N) is 1. The average Bonchev–Trinajstić information content (AvgIpc) is 3.47. The van der Waals surface area contributed by atoms with Gasteiger partial charge in [-0.15, -0.1) is 0 Å². The van der Waals surface area contributed by atoms with E-state index in [1.54, 1.807) is 0 Å². The zero-order valence-electron chi connectivity index (χ0n) is 22.8. The van der Waals surface area contributed by atoms with Gasteiger partial charge in [0.1, 0.15) is 6.61 Å². The van der Waals surface area contributed by atoms with Crippen LogP contribution in [0.15, 0.2) is 102 Å². The molecular weight excluding hydrogens is 516 g/mol. The molecule has 40 heavy (non-hydrogen) atoms. The van der Waals surface area contributed by atoms with Crippen molar-refractivity contribution < 1.29 is 9.47 Å². The minimum Gasteiger partial charge on any atom is -0.490 e. The van der Waals surface area contributed by atoms with E-state index in [1.807, 2.05) is 55.6 Å². The second-order valence-electron chi connectivity index (χ2n) is 10.5. The fraction of sp³-hybridized carbons (Fsp3) is 0.229. The zero-order valence-corrected chi connectivity index (χ0v) is 23.6. The van der Waals surface area contributed by atoms with Crippen LogP contribution in [0.4, 0.5) is 11.4 Å². The maximum absolute atomic E-state index is 6.04. The molecule has 1 aliphatic carbocycles. The molecule has 0 unspecified atom stereocenters. The third-order valence-electron chi connectivity index (χ3n) is 7.71. The van der Waals surface area contributed by atoms with Crippen LogP contribution < -0.4 is 14.8 Å². The Bertz CT molecular complexity index is 1540. The van der Waals surface area contributed by atoms with Crippen molar-refractivity contribution in [3.63, 3.8) is 0 Å². The molecule has 2 aliphatic rings. The van der Waals surface area contributed by atoms with Gasteiger partial charge in [-0.25, -0.2) is 0 Å². The minimum atomic E-state index is 0.280. The number of halogens is 1. The second kappa shape index (κ2) is 11.6. The van der Waals surface area contributed by atoms with E-state index < -0.39 is 0 Å². The number of rotatable bonds is 8. The molecule has 0 radical (unpaired) electrons. The van der Waals surface area contributed by atoms with Crippen LogP contribution in [0.1, 0.15) is 53.1 Å². The number of ether oxygens (including phenoxy) is 2. The van der Waals surface area contributed by atoms with Crippen molar-refractivity contribution in [1.82, 2.24) is 0 Å². The van der Waals surface area contributed by atoms with Gasteiger partial charge in [0.2, 0.25) is 0 Å². The Labute approximate surface area is 241 Å². The summed E-state index contributed by atoms with van der Waals surface area (Å²) in [5.74, 6) is 2.40. The Morgan fingerprint density at radius 1 is 0.925 bits per heavy atom. The topological polar surface area (TPSA) is 42.8 Å². The standard InChI is InChI=1S/C35H33ClN2O2/c1-3-39-34-20-25(10-18-33(34)40-22-24-8-13-27(36)14-9-24)21-37-28-15-11-26(12-16-28)35-30-6-4-5-29(30)31-19-23(2)7-17-32(31)38-35/h4-5,7-21,29-30,35,38H,3,6,22H2,1-2H3/t29-,30+,35-/m0/s1. The molecule has 4 aromatic carbocycles. The molecule has 0 aromatic heterocycles. The monoisotopic (exact) mass is 548 g/mol. The SMILES string of the molecule is CCOc1cc(C=Nc2ccc([C@@H]3Nc4ccc(C)cc4[C@H]4C=CC[C@H]43)cc2)ccc1OCc1ccc(Cl)cc1. The second-order valence-corrected chi connectivity index (χ2v) is 10.9. The summed E-state index contributed by atoms with van der Waals surface area (Å²) in [6.07, 6.45) is 7.69. The highest BCUT2D eigenvalue weighted by atomic mass is 35.5. The van der Waals surface area contributed by atoms with E-state index in [-0.39, 0.29) is 6.04 Å². The minimum absolute atomic E-state index is 0.280. The van der Waals surface area contributed by atoms with Gasteiger partial charge in [-0.3, -0.25) is 4.99 Å². The molecule has 202 valence electrons. The first-order valence-electron chi connectivity index (χ1n) is 13.9. The van der Waals surface area contributed by atoms with E-state index in [1.165, 1.54) is 22.4 Å². The van der Waals surface area contributed by atoms with Crippen molar-refractivity contribution in [2.75, 3.05) is 11.9 Å². The van der Waals surface area contributed by atoms with Gasteiger partial charge in [0.15, 0.2) is 11.5 Å². The van der Waals surface area contributed by atoms with Crippen LogP contribution in [-0.4, -0.2) is 12.8 Å². The molecule has 0 bridgehead atoms. The van der Waals surface area contributed by atoms with Gasteiger partial charge in [0.05, 0.1) is 18.3 Å². The summed E-state index contributed by atoms with van der Waals surface area (Å²) in [4.78, 5) is 4.74. The number of hydrogen-bond donors (Lipinski definition) is 1. The van der Waals surface area contributed by atoms with Gasteiger partial charge < -0.3 is 14.8 Å². The Hall–Kier alpha value is -4.02. The van der Waals surface area contributed by atoms with Crippen LogP contribution in [0.5, 0.6) is 11.5 Å². The van der Waals surface area contributed by atoms with Crippen molar-refractivity contribution in [2.45, 2.75) is 38.8 Å². The highest BCUT2D eigenvalue weighted by molar-refractivity contribution is 6.30. The molecule has 5 heteroatoms. The van der Waals surface area contributed by atoms with Crippen LogP contribution in [-0.2, 0) is 6.61 Å². The molecule has 0 amide bonds. The molecule has 0 fully saturated rings. The third kappa shape index (κ3) is 5.64. The maximum Gasteiger partial charge on any atom is 0.161 e. The quantitative estimate of drug-likeness (QED) is 0.176. The number of benzene rings is 4. The van der Waals surface area contributed by atoms with E-state index >= 15 is 0 Å². The van der Waals surface area contributed by atoms with Crippen molar-refractivity contribution in [3.05, 3.63) is 130 Å². The summed E-state index contributed by atoms with van der Waals surface area (Å²) < 4.78 is 11.9. The van der Waals surface area contributed by atoms with Crippen LogP contribution in [0, 0.1) is 12.8 Å². The van der Waals surface area contributed by atoms with Gasteiger partial charge in [0, 0.05) is 22.8 Å². The van der Waals surface area contributed by atoms with Gasteiger partial charge >= 0.3 is 0 Å². The third-order valence-corrected chi connectivity index (χ3v) is 7.96. The predicted molar refractivity (Wildman–Crippen MR) is 165 cm³/mol. The van der Waals surface area contributed by atoms with Gasteiger partial charge in [-0.2, -0.15) is 0 Å². The fourth-order valence-corrected chi connectivity index (χ4v) is 5.82. The molecule has 0 spiro atoms. The first kappa shape index (κ1) is 26.2. The van der Waals surface area contributed by atoms with E-state index in [0.29, 0.717) is 41.6 Å². The smallest absolute Gasteiger partial charge is 0.161 e. The molecule has 4 aromatic rings. The molecule has 4 nitrogen and oxygen atoms in total. The highest BCUT2D eigenvalue weighted by Gasteiger charge is 2.37. The molecule has 1 heterocycles. The summed E-state index contributed by atoms with van der Waals surface area (Å²) in [5, 5.41) is 4.54. The number of nitrogens with zero attached hydrogens (tertiary/aromatic N) is 1. The highest BCUT2D eigenvalue weighted by Crippen LogP contribution is 2.50. The lowest BCUT2D eigenvalue weighted by Gasteiger charge is -2.37. The van der Waals surface area contributed by atoms with Gasteiger partial charge in [-0.1, -0.05) is 65.7 Å². The van der Waals surface area contributed by atoms with Crippen molar-refractivity contribution in [1.29, 1.82) is 0 Å². The molecule has 1 aliphatic heterocycles. The maximum atomic E-state index is 6.04. The number of anilines is 1. The first-order chi connectivity index (χ1) is 19.6.